The Hall–Kier alpha value is -3.99. The highest BCUT2D eigenvalue weighted by Gasteiger charge is 2.34. The number of amides is 1. The molecule has 1 aliphatic carbocycles. The molecule has 4 rings (SSSR count). The van der Waals surface area contributed by atoms with Crippen molar-refractivity contribution in [3.63, 3.8) is 0 Å². The average Bonchev–Trinajstić information content (AvgIpc) is 2.78. The van der Waals surface area contributed by atoms with Gasteiger partial charge in [0, 0.05) is 16.7 Å². The van der Waals surface area contributed by atoms with Crippen LogP contribution in [0.2, 0.25) is 0 Å². The quantitative estimate of drug-likeness (QED) is 0.427. The van der Waals surface area contributed by atoms with Gasteiger partial charge in [-0.2, -0.15) is 0 Å². The van der Waals surface area contributed by atoms with Crippen molar-refractivity contribution in [1.29, 1.82) is 0 Å². The van der Waals surface area contributed by atoms with E-state index in [-0.39, 0.29) is 39.5 Å². The summed E-state index contributed by atoms with van der Waals surface area (Å²) in [6.45, 7) is 9.81. The molecule has 0 spiro atoms. The van der Waals surface area contributed by atoms with Crippen LogP contribution >= 0.6 is 0 Å². The van der Waals surface area contributed by atoms with Gasteiger partial charge in [-0.25, -0.2) is 0 Å². The Morgan fingerprint density at radius 1 is 0.875 bits per heavy atom. The van der Waals surface area contributed by atoms with Crippen LogP contribution in [0.5, 0.6) is 11.5 Å². The third kappa shape index (κ3) is 3.73. The summed E-state index contributed by atoms with van der Waals surface area (Å²) in [5.74, 6) is -0.419. The van der Waals surface area contributed by atoms with E-state index in [1.807, 2.05) is 24.3 Å². The van der Waals surface area contributed by atoms with E-state index >= 15 is 0 Å². The molecule has 0 fully saturated rings. The molecular formula is C27H23NO4. The molecule has 0 bridgehead atoms. The van der Waals surface area contributed by atoms with Crippen LogP contribution in [0.1, 0.15) is 58.2 Å². The number of carbonyl (C=O) groups excluding carboxylic acids is 3. The van der Waals surface area contributed by atoms with Crippen molar-refractivity contribution < 1.29 is 19.1 Å². The summed E-state index contributed by atoms with van der Waals surface area (Å²) in [5, 5.41) is 2.68. The van der Waals surface area contributed by atoms with E-state index in [9.17, 15) is 14.4 Å². The van der Waals surface area contributed by atoms with Crippen LogP contribution in [0.25, 0.3) is 0 Å². The summed E-state index contributed by atoms with van der Waals surface area (Å²) in [6, 6.07) is 17.3. The Kier molecular flexibility index (Phi) is 5.26. The second-order valence-electron chi connectivity index (χ2n) is 8.64. The number of ether oxygens (including phenoxy) is 1. The fraction of sp³-hybridized carbons (Fsp3) is 0.148. The molecule has 32 heavy (non-hydrogen) atoms. The van der Waals surface area contributed by atoms with Crippen molar-refractivity contribution in [3.05, 3.63) is 101 Å². The molecule has 3 aromatic rings. The van der Waals surface area contributed by atoms with E-state index in [0.717, 1.165) is 11.6 Å². The molecule has 0 saturated heterocycles. The monoisotopic (exact) mass is 425 g/mol. The summed E-state index contributed by atoms with van der Waals surface area (Å²) < 4.78 is 6.13. The first-order valence-electron chi connectivity index (χ1n) is 10.3. The molecule has 160 valence electrons. The van der Waals surface area contributed by atoms with Crippen LogP contribution in [0, 0.1) is 0 Å². The van der Waals surface area contributed by atoms with Crippen molar-refractivity contribution in [2.45, 2.75) is 26.2 Å². The van der Waals surface area contributed by atoms with Crippen LogP contribution in [-0.4, -0.2) is 17.5 Å². The fourth-order valence-electron chi connectivity index (χ4n) is 3.69. The van der Waals surface area contributed by atoms with Crippen LogP contribution in [0.4, 0.5) is 5.69 Å². The number of anilines is 1. The lowest BCUT2D eigenvalue weighted by Gasteiger charge is -2.23. The van der Waals surface area contributed by atoms with Gasteiger partial charge in [0.05, 0.1) is 11.3 Å². The Balaban J connectivity index is 1.86. The zero-order valence-electron chi connectivity index (χ0n) is 18.2. The highest BCUT2D eigenvalue weighted by molar-refractivity contribution is 6.30. The Labute approximate surface area is 186 Å². The molecule has 1 amide bonds. The summed E-state index contributed by atoms with van der Waals surface area (Å²) in [4.78, 5) is 38.5. The number of hydrogen-bond acceptors (Lipinski definition) is 4. The zero-order chi connectivity index (χ0) is 23.0. The molecule has 0 atom stereocenters. The minimum Gasteiger partial charge on any atom is -0.454 e. The Morgan fingerprint density at radius 3 is 2.09 bits per heavy atom. The lowest BCUT2D eigenvalue weighted by Crippen LogP contribution is -2.22. The molecule has 0 unspecified atom stereocenters. The van der Waals surface area contributed by atoms with E-state index in [1.165, 1.54) is 0 Å². The normalized spacial score (nSPS) is 12.6. The van der Waals surface area contributed by atoms with Gasteiger partial charge < -0.3 is 10.1 Å². The molecule has 1 aliphatic rings. The lowest BCUT2D eigenvalue weighted by atomic mass is 9.83. The first kappa shape index (κ1) is 21.2. The third-order valence-corrected chi connectivity index (χ3v) is 5.43. The molecule has 0 radical (unpaired) electrons. The number of benzene rings is 3. The maximum atomic E-state index is 13.4. The number of nitrogens with one attached hydrogen (secondary N) is 1. The maximum absolute atomic E-state index is 13.4. The minimum atomic E-state index is -0.451. The van der Waals surface area contributed by atoms with Crippen molar-refractivity contribution >= 4 is 23.2 Å². The van der Waals surface area contributed by atoms with Gasteiger partial charge in [-0.15, -0.1) is 0 Å². The van der Waals surface area contributed by atoms with E-state index in [1.54, 1.807) is 36.4 Å². The summed E-state index contributed by atoms with van der Waals surface area (Å²) in [5.41, 5.74) is 2.43. The second kappa shape index (κ2) is 7.93. The molecule has 3 aromatic carbocycles. The molecule has 0 heterocycles. The largest absolute Gasteiger partial charge is 0.454 e. The topological polar surface area (TPSA) is 72.5 Å². The van der Waals surface area contributed by atoms with Gasteiger partial charge in [-0.05, 0) is 41.3 Å². The number of ketones is 2. The average molecular weight is 425 g/mol. The smallest absolute Gasteiger partial charge is 0.247 e. The molecule has 5 nitrogen and oxygen atoms in total. The van der Waals surface area contributed by atoms with Gasteiger partial charge in [0.15, 0.2) is 17.3 Å². The standard InChI is InChI=1S/C27H23NO4/c1-5-22(29)28-21-15-14-20-23(25(31)19-9-7-6-8-18(19)24(20)30)26(21)32-17-12-10-16(11-13-17)27(2,3)4/h5-15H,1H2,2-4H3,(H,28,29). The van der Waals surface area contributed by atoms with Crippen LogP contribution in [0.15, 0.2) is 73.3 Å². The third-order valence-electron chi connectivity index (χ3n) is 5.43. The molecule has 0 aliphatic heterocycles. The van der Waals surface area contributed by atoms with E-state index in [2.05, 4.69) is 32.7 Å². The summed E-state index contributed by atoms with van der Waals surface area (Å²) >= 11 is 0. The van der Waals surface area contributed by atoms with Crippen LogP contribution in [-0.2, 0) is 10.2 Å². The van der Waals surface area contributed by atoms with E-state index in [4.69, 9.17) is 4.74 Å². The highest BCUT2D eigenvalue weighted by atomic mass is 16.5. The second-order valence-corrected chi connectivity index (χ2v) is 8.64. The van der Waals surface area contributed by atoms with Crippen molar-refractivity contribution in [3.8, 4) is 11.5 Å². The van der Waals surface area contributed by atoms with E-state index < -0.39 is 5.91 Å². The van der Waals surface area contributed by atoms with Gasteiger partial charge in [-0.1, -0.05) is 63.7 Å². The number of hydrogen-bond donors (Lipinski definition) is 1. The number of fused-ring (bicyclic) bond motifs is 2. The zero-order valence-corrected chi connectivity index (χ0v) is 18.2. The van der Waals surface area contributed by atoms with Gasteiger partial charge in [0.25, 0.3) is 0 Å². The summed E-state index contributed by atoms with van der Waals surface area (Å²) in [7, 11) is 0. The fourth-order valence-corrected chi connectivity index (χ4v) is 3.69. The van der Waals surface area contributed by atoms with Crippen molar-refractivity contribution in [2.75, 3.05) is 5.32 Å². The molecule has 0 saturated carbocycles. The molecular weight excluding hydrogens is 402 g/mol. The predicted octanol–water partition coefficient (Wildman–Crippen LogP) is 5.68. The number of carbonyl (C=O) groups is 3. The highest BCUT2D eigenvalue weighted by Crippen LogP contribution is 2.41. The first-order valence-corrected chi connectivity index (χ1v) is 10.3. The Bertz CT molecular complexity index is 1260. The van der Waals surface area contributed by atoms with E-state index in [0.29, 0.717) is 16.9 Å². The summed E-state index contributed by atoms with van der Waals surface area (Å²) in [6.07, 6.45) is 1.13. The lowest BCUT2D eigenvalue weighted by molar-refractivity contribution is -0.111. The Morgan fingerprint density at radius 2 is 1.50 bits per heavy atom. The minimum absolute atomic E-state index is 0.0281. The SMILES string of the molecule is C=CC(=O)Nc1ccc2c(c1Oc1ccc(C(C)(C)C)cc1)C(=O)c1ccccc1C2=O. The van der Waals surface area contributed by atoms with Gasteiger partial charge in [0.2, 0.25) is 5.91 Å². The molecule has 0 aromatic heterocycles. The van der Waals surface area contributed by atoms with Crippen LogP contribution in [0.3, 0.4) is 0 Å². The number of rotatable bonds is 4. The van der Waals surface area contributed by atoms with Gasteiger partial charge in [0.1, 0.15) is 5.75 Å². The van der Waals surface area contributed by atoms with Crippen LogP contribution < -0.4 is 10.1 Å². The van der Waals surface area contributed by atoms with Gasteiger partial charge in [-0.3, -0.25) is 14.4 Å². The van der Waals surface area contributed by atoms with Crippen molar-refractivity contribution in [1.82, 2.24) is 0 Å². The first-order chi connectivity index (χ1) is 15.2. The van der Waals surface area contributed by atoms with Gasteiger partial charge >= 0.3 is 0 Å². The molecule has 1 N–H and O–H groups in total. The predicted molar refractivity (Wildman–Crippen MR) is 124 cm³/mol. The maximum Gasteiger partial charge on any atom is 0.247 e. The molecule has 5 heteroatoms. The van der Waals surface area contributed by atoms with Crippen molar-refractivity contribution in [2.24, 2.45) is 0 Å².